The Morgan fingerprint density at radius 1 is 1.26 bits per heavy atom. The number of rotatable bonds is 5. The Balaban J connectivity index is 0.000000459. The smallest absolute Gasteiger partial charge is 0.165 e. The Morgan fingerprint density at radius 2 is 1.94 bits per heavy atom. The molecule has 0 bridgehead atoms. The first kappa shape index (κ1) is 31.0. The number of halogens is 1. The van der Waals surface area contributed by atoms with Gasteiger partial charge in [0.25, 0.3) is 0 Å². The van der Waals surface area contributed by atoms with Gasteiger partial charge in [-0.1, -0.05) is 12.1 Å². The number of aromatic hydroxyl groups is 1. The number of aromatic nitrogens is 1. The molecule has 0 radical (unpaired) electrons. The first-order valence-electron chi connectivity index (χ1n) is 9.85. The van der Waals surface area contributed by atoms with E-state index in [0.29, 0.717) is 12.0 Å². The fourth-order valence-electron chi connectivity index (χ4n) is 1.99. The monoisotopic (exact) mass is 509 g/mol. The van der Waals surface area contributed by atoms with E-state index in [4.69, 9.17) is 22.4 Å². The van der Waals surface area contributed by atoms with Crippen LogP contribution in [0.1, 0.15) is 5.56 Å². The van der Waals surface area contributed by atoms with Crippen LogP contribution in [0, 0.1) is 12.7 Å². The van der Waals surface area contributed by atoms with E-state index in [1.54, 1.807) is 44.7 Å². The molecule has 7 N–H and O–H groups in total. The molecule has 8 nitrogen and oxygen atoms in total. The molecule has 186 valence electrons. The molecule has 0 atom stereocenters. The van der Waals surface area contributed by atoms with Crippen molar-refractivity contribution in [3.63, 3.8) is 0 Å². The number of aldehydes is 1. The number of benzene rings is 1. The van der Waals surface area contributed by atoms with Crippen molar-refractivity contribution in [2.24, 2.45) is 17.3 Å². The van der Waals surface area contributed by atoms with Crippen molar-refractivity contribution in [2.75, 3.05) is 27.3 Å². The van der Waals surface area contributed by atoms with Gasteiger partial charge in [0.15, 0.2) is 11.6 Å². The Hall–Kier alpha value is -2.96. The summed E-state index contributed by atoms with van der Waals surface area (Å²) in [4.78, 5) is 15.3. The molecule has 0 spiro atoms. The van der Waals surface area contributed by atoms with Crippen molar-refractivity contribution >= 4 is 30.3 Å². The van der Waals surface area contributed by atoms with E-state index in [1.807, 2.05) is 30.3 Å². The fourth-order valence-corrected chi connectivity index (χ4v) is 3.08. The summed E-state index contributed by atoms with van der Waals surface area (Å²) in [6, 6.07) is 14.2. The van der Waals surface area contributed by atoms with Crippen molar-refractivity contribution in [1.29, 1.82) is 0 Å². The van der Waals surface area contributed by atoms with Crippen LogP contribution in [0.5, 0.6) is 5.75 Å². The van der Waals surface area contributed by atoms with Gasteiger partial charge in [-0.25, -0.2) is 10.2 Å². The zero-order valence-corrected chi connectivity index (χ0v) is 21.1. The minimum atomic E-state index is -0.560. The number of hydrogen-bond acceptors (Lipinski definition) is 10. The lowest BCUT2D eigenvalue weighted by molar-refractivity contribution is -0.108. The first-order valence-corrected chi connectivity index (χ1v) is 11.1. The van der Waals surface area contributed by atoms with Gasteiger partial charge in [-0.2, -0.15) is 0 Å². The van der Waals surface area contributed by atoms with Crippen molar-refractivity contribution in [3.8, 4) is 16.3 Å². The van der Waals surface area contributed by atoms with E-state index >= 15 is 0 Å². The van der Waals surface area contributed by atoms with Crippen molar-refractivity contribution in [2.45, 2.75) is 11.1 Å². The maximum atomic E-state index is 12.3. The molecule has 0 saturated carbocycles. The number of methoxy groups -OCH3 is 1. The first-order chi connectivity index (χ1) is 16.2. The number of hydrogen-bond donors (Lipinski definition) is 5. The molecular weight excluding hydrogens is 477 g/mol. The quantitative estimate of drug-likeness (QED) is 0.153. The van der Waals surface area contributed by atoms with E-state index < -0.39 is 5.82 Å². The van der Waals surface area contributed by atoms with Crippen LogP contribution >= 0.6 is 24.0 Å². The van der Waals surface area contributed by atoms with Crippen LogP contribution < -0.4 is 17.3 Å². The molecule has 0 aliphatic carbocycles. The Kier molecular flexibility index (Phi) is 16.9. The molecule has 0 unspecified atom stereocenters. The van der Waals surface area contributed by atoms with Gasteiger partial charge in [0.2, 0.25) is 0 Å². The van der Waals surface area contributed by atoms with Crippen LogP contribution in [0.3, 0.4) is 0 Å². The van der Waals surface area contributed by atoms with Gasteiger partial charge in [0.05, 0.1) is 21.3 Å². The predicted molar refractivity (Wildman–Crippen MR) is 139 cm³/mol. The van der Waals surface area contributed by atoms with Crippen LogP contribution in [0.2, 0.25) is 0 Å². The zero-order valence-electron chi connectivity index (χ0n) is 19.4. The Morgan fingerprint density at radius 3 is 2.38 bits per heavy atom. The summed E-state index contributed by atoms with van der Waals surface area (Å²) >= 11 is 5.89. The number of carbonyl (C=O) groups is 1. The highest BCUT2D eigenvalue weighted by Gasteiger charge is 2.00. The fraction of sp³-hybridized carbons (Fsp3) is 0.217. The standard InChI is InChI=1S/C9H7NS2.C7H7FO.C5H12N4O.C2H6O/c11-9-5-4-8(12-9)7-3-1-2-6-10-7;1-5-2-3-7(9)6(8)4-5;6-3-5(7)4-9(8)1-2-10;1-3-2/h1-6,11H;2-4,9H,1H3;2,4H,1,3,6-8H2;1-2H3/b;;5-4-;. The molecule has 0 aliphatic heterocycles. The van der Waals surface area contributed by atoms with E-state index in [-0.39, 0.29) is 18.8 Å². The maximum Gasteiger partial charge on any atom is 0.165 e. The number of nitrogens with zero attached hydrogens (tertiary/aromatic N) is 2. The van der Waals surface area contributed by atoms with Crippen molar-refractivity contribution < 1.29 is 19.0 Å². The van der Waals surface area contributed by atoms with Gasteiger partial charge in [-0.3, -0.25) is 4.98 Å². The number of aryl methyl sites for hydroxylation is 1. The van der Waals surface area contributed by atoms with Gasteiger partial charge in [-0.15, -0.1) is 24.0 Å². The summed E-state index contributed by atoms with van der Waals surface area (Å²) in [5.74, 6) is 4.40. The van der Waals surface area contributed by atoms with Crippen LogP contribution in [0.4, 0.5) is 4.39 Å². The highest BCUT2D eigenvalue weighted by atomic mass is 32.2. The molecule has 34 heavy (non-hydrogen) atoms. The topological polar surface area (TPSA) is 141 Å². The average molecular weight is 510 g/mol. The summed E-state index contributed by atoms with van der Waals surface area (Å²) < 4.78 is 17.6. The number of thiol groups is 1. The summed E-state index contributed by atoms with van der Waals surface area (Å²) in [5, 5.41) is 9.84. The summed E-state index contributed by atoms with van der Waals surface area (Å²) in [5.41, 5.74) is 12.7. The number of thiophene rings is 1. The molecule has 3 aromatic rings. The van der Waals surface area contributed by atoms with Crippen molar-refractivity contribution in [1.82, 2.24) is 9.99 Å². The van der Waals surface area contributed by atoms with Gasteiger partial charge in [0.1, 0.15) is 6.29 Å². The van der Waals surface area contributed by atoms with E-state index in [9.17, 15) is 9.18 Å². The number of ether oxygens (including phenoxy) is 1. The second-order valence-corrected chi connectivity index (χ2v) is 8.36. The van der Waals surface area contributed by atoms with Crippen LogP contribution in [-0.2, 0) is 9.53 Å². The van der Waals surface area contributed by atoms with Crippen LogP contribution in [-0.4, -0.2) is 48.7 Å². The van der Waals surface area contributed by atoms with Crippen LogP contribution in [0.15, 0.2) is 70.8 Å². The summed E-state index contributed by atoms with van der Waals surface area (Å²) in [6.07, 6.45) is 3.90. The van der Waals surface area contributed by atoms with Gasteiger partial charge < -0.3 is 31.1 Å². The lowest BCUT2D eigenvalue weighted by atomic mass is 10.2. The number of carbonyl (C=O) groups excluding carboxylic acids is 1. The number of phenols is 1. The lowest BCUT2D eigenvalue weighted by Gasteiger charge is -2.09. The van der Waals surface area contributed by atoms with E-state index in [1.165, 1.54) is 28.2 Å². The SMILES string of the molecule is COC.Cc1ccc(O)c(F)c1.NC/C(N)=C/N(N)CC=O.Sc1ccc(-c2ccccn2)s1. The summed E-state index contributed by atoms with van der Waals surface area (Å²) in [6.45, 7) is 2.13. The third kappa shape index (κ3) is 14.2. The molecule has 1 aromatic carbocycles. The molecule has 0 aliphatic rings. The number of nitrogens with two attached hydrogens (primary N) is 3. The molecule has 2 aromatic heterocycles. The maximum absolute atomic E-state index is 12.3. The zero-order chi connectivity index (χ0) is 25.9. The molecule has 11 heteroatoms. The molecule has 0 saturated heterocycles. The summed E-state index contributed by atoms with van der Waals surface area (Å²) in [7, 11) is 3.25. The molecular formula is C23H32FN5O3S2. The van der Waals surface area contributed by atoms with Crippen molar-refractivity contribution in [3.05, 3.63) is 78.0 Å². The average Bonchev–Trinajstić information content (AvgIpc) is 3.25. The minimum Gasteiger partial charge on any atom is -0.505 e. The molecule has 3 rings (SSSR count). The number of phenolic OH excluding ortho intramolecular Hbond substituents is 1. The molecule has 2 heterocycles. The lowest BCUT2D eigenvalue weighted by Crippen LogP contribution is -2.29. The highest BCUT2D eigenvalue weighted by Crippen LogP contribution is 2.27. The highest BCUT2D eigenvalue weighted by molar-refractivity contribution is 7.83. The van der Waals surface area contributed by atoms with Gasteiger partial charge >= 0.3 is 0 Å². The largest absolute Gasteiger partial charge is 0.505 e. The minimum absolute atomic E-state index is 0.126. The van der Waals surface area contributed by atoms with E-state index in [2.05, 4.69) is 22.3 Å². The number of hydrazine groups is 1. The predicted octanol–water partition coefficient (Wildman–Crippen LogP) is 3.32. The van der Waals surface area contributed by atoms with E-state index in [0.717, 1.165) is 15.5 Å². The molecule has 0 amide bonds. The Bertz CT molecular complexity index is 988. The van der Waals surface area contributed by atoms with Gasteiger partial charge in [0, 0.05) is 38.9 Å². The van der Waals surface area contributed by atoms with Gasteiger partial charge in [-0.05, 0) is 48.9 Å². The third-order valence-electron chi connectivity index (χ3n) is 3.47. The second kappa shape index (κ2) is 18.5. The number of pyridine rings is 1. The van der Waals surface area contributed by atoms with Crippen LogP contribution in [0.25, 0.3) is 10.6 Å². The normalized spacial score (nSPS) is 9.91. The molecule has 0 fully saturated rings. The second-order valence-electron chi connectivity index (χ2n) is 6.49. The Labute approximate surface area is 209 Å². The third-order valence-corrected chi connectivity index (χ3v) is 4.80.